The Hall–Kier alpha value is -2.14. The minimum Gasteiger partial charge on any atom is -0.462 e. The number of rotatable bonds is 56. The average molecular weight is 954 g/mol. The molecule has 0 saturated carbocycles. The van der Waals surface area contributed by atoms with Crippen LogP contribution in [0.1, 0.15) is 316 Å². The van der Waals surface area contributed by atoms with Gasteiger partial charge in [-0.15, -0.1) is 0 Å². The molecule has 0 heterocycles. The number of unbranched alkanes of at least 4 members (excludes halogenated alkanes) is 37. The molecule has 0 fully saturated rings. The molecule has 0 spiro atoms. The normalized spacial score (nSPS) is 12.5. The third-order valence-corrected chi connectivity index (χ3v) is 13.3. The van der Waals surface area contributed by atoms with Crippen molar-refractivity contribution in [3.63, 3.8) is 0 Å². The Morgan fingerprint density at radius 1 is 0.338 bits per heavy atom. The molecule has 0 aromatic rings. The first-order valence-electron chi connectivity index (χ1n) is 30.2. The van der Waals surface area contributed by atoms with E-state index in [-0.39, 0.29) is 25.2 Å². The second kappa shape index (κ2) is 59.2. The Kier molecular flexibility index (Phi) is 57.3. The molecule has 0 aliphatic heterocycles. The summed E-state index contributed by atoms with van der Waals surface area (Å²) in [6, 6.07) is 0. The van der Waals surface area contributed by atoms with E-state index in [0.717, 1.165) is 64.2 Å². The molecular formula is C63H116O5. The van der Waals surface area contributed by atoms with Gasteiger partial charge < -0.3 is 14.2 Å². The third-order valence-electron chi connectivity index (χ3n) is 13.3. The molecule has 0 radical (unpaired) electrons. The van der Waals surface area contributed by atoms with E-state index in [4.69, 9.17) is 14.2 Å². The highest BCUT2D eigenvalue weighted by Gasteiger charge is 2.17. The standard InChI is InChI=1S/C63H116O5/c1-4-7-10-13-16-19-22-25-28-30-31-32-33-34-36-39-42-45-48-51-54-57-63(65)68-61(59-66-58-55-52-49-46-43-40-37-29-26-23-20-17-14-11-8-5-2)60-67-62(64)56-53-50-47-44-41-38-35-27-24-21-18-15-12-9-6-3/h9,12,18,21,25,27-28,35,61H,4-8,10-11,13-17,19-20,22-24,26,29-34,36-60H2,1-3H3/b12-9-,21-18-,28-25-,35-27-/t61-/m1/s1. The van der Waals surface area contributed by atoms with E-state index in [1.165, 1.54) is 218 Å². The summed E-state index contributed by atoms with van der Waals surface area (Å²) in [5, 5.41) is 0. The highest BCUT2D eigenvalue weighted by Crippen LogP contribution is 2.17. The molecule has 398 valence electrons. The van der Waals surface area contributed by atoms with Crippen molar-refractivity contribution in [3.05, 3.63) is 48.6 Å². The van der Waals surface area contributed by atoms with Gasteiger partial charge in [-0.3, -0.25) is 9.59 Å². The lowest BCUT2D eigenvalue weighted by Crippen LogP contribution is -2.30. The lowest BCUT2D eigenvalue weighted by molar-refractivity contribution is -0.163. The van der Waals surface area contributed by atoms with Crippen LogP contribution in [-0.2, 0) is 23.8 Å². The first-order valence-corrected chi connectivity index (χ1v) is 30.2. The number of allylic oxidation sites excluding steroid dienone is 8. The van der Waals surface area contributed by atoms with Gasteiger partial charge in [-0.05, 0) is 77.0 Å². The van der Waals surface area contributed by atoms with Gasteiger partial charge in [0.1, 0.15) is 6.61 Å². The molecule has 0 bridgehead atoms. The maximum atomic E-state index is 12.9. The lowest BCUT2D eigenvalue weighted by Gasteiger charge is -2.18. The van der Waals surface area contributed by atoms with E-state index in [1.54, 1.807) is 0 Å². The van der Waals surface area contributed by atoms with Gasteiger partial charge in [0.2, 0.25) is 0 Å². The summed E-state index contributed by atoms with van der Waals surface area (Å²) in [6.45, 7) is 7.76. The quantitative estimate of drug-likeness (QED) is 0.0345. The van der Waals surface area contributed by atoms with Gasteiger partial charge in [0.05, 0.1) is 6.61 Å². The first-order chi connectivity index (χ1) is 33.6. The summed E-state index contributed by atoms with van der Waals surface area (Å²) in [6.07, 6.45) is 74.3. The fourth-order valence-corrected chi connectivity index (χ4v) is 8.88. The zero-order valence-corrected chi connectivity index (χ0v) is 45.9. The van der Waals surface area contributed by atoms with Crippen LogP contribution in [0.4, 0.5) is 0 Å². The summed E-state index contributed by atoms with van der Waals surface area (Å²) >= 11 is 0. The van der Waals surface area contributed by atoms with Crippen molar-refractivity contribution < 1.29 is 23.8 Å². The number of ether oxygens (including phenoxy) is 3. The van der Waals surface area contributed by atoms with Crippen molar-refractivity contribution in [3.8, 4) is 0 Å². The Morgan fingerprint density at radius 2 is 0.662 bits per heavy atom. The predicted molar refractivity (Wildman–Crippen MR) is 298 cm³/mol. The van der Waals surface area contributed by atoms with Crippen molar-refractivity contribution in [2.24, 2.45) is 0 Å². The largest absolute Gasteiger partial charge is 0.462 e. The summed E-state index contributed by atoms with van der Waals surface area (Å²) < 4.78 is 17.5. The Labute approximate surface area is 424 Å². The molecule has 0 unspecified atom stereocenters. The van der Waals surface area contributed by atoms with Crippen molar-refractivity contribution >= 4 is 11.9 Å². The van der Waals surface area contributed by atoms with E-state index >= 15 is 0 Å². The maximum Gasteiger partial charge on any atom is 0.306 e. The molecule has 0 N–H and O–H groups in total. The molecule has 0 aliphatic carbocycles. The number of esters is 2. The van der Waals surface area contributed by atoms with E-state index in [1.807, 2.05) is 0 Å². The summed E-state index contributed by atoms with van der Waals surface area (Å²) in [5.74, 6) is -0.400. The second-order valence-corrected chi connectivity index (χ2v) is 20.2. The average Bonchev–Trinajstić information content (AvgIpc) is 3.34. The molecule has 68 heavy (non-hydrogen) atoms. The smallest absolute Gasteiger partial charge is 0.306 e. The van der Waals surface area contributed by atoms with Crippen LogP contribution in [0.25, 0.3) is 0 Å². The molecule has 0 saturated heterocycles. The minimum absolute atomic E-state index is 0.0802. The predicted octanol–water partition coefficient (Wildman–Crippen LogP) is 20.7. The van der Waals surface area contributed by atoms with Gasteiger partial charge in [0.15, 0.2) is 6.10 Å². The van der Waals surface area contributed by atoms with Crippen LogP contribution >= 0.6 is 0 Å². The third kappa shape index (κ3) is 56.4. The van der Waals surface area contributed by atoms with Gasteiger partial charge in [0, 0.05) is 19.4 Å². The van der Waals surface area contributed by atoms with Crippen molar-refractivity contribution in [1.82, 2.24) is 0 Å². The molecule has 0 aromatic carbocycles. The zero-order valence-electron chi connectivity index (χ0n) is 45.9. The van der Waals surface area contributed by atoms with E-state index in [0.29, 0.717) is 19.4 Å². The highest BCUT2D eigenvalue weighted by molar-refractivity contribution is 5.70. The van der Waals surface area contributed by atoms with Crippen molar-refractivity contribution in [2.45, 2.75) is 322 Å². The number of carbonyl (C=O) groups excluding carboxylic acids is 2. The fourth-order valence-electron chi connectivity index (χ4n) is 8.88. The number of hydrogen-bond acceptors (Lipinski definition) is 5. The zero-order chi connectivity index (χ0) is 49.2. The molecule has 1 atom stereocenters. The van der Waals surface area contributed by atoms with Crippen molar-refractivity contribution in [2.75, 3.05) is 19.8 Å². The second-order valence-electron chi connectivity index (χ2n) is 20.2. The van der Waals surface area contributed by atoms with Gasteiger partial charge in [-0.2, -0.15) is 0 Å². The fraction of sp³-hybridized carbons (Fsp3) is 0.841. The van der Waals surface area contributed by atoms with E-state index in [9.17, 15) is 9.59 Å². The summed E-state index contributed by atoms with van der Waals surface area (Å²) in [4.78, 5) is 25.5. The highest BCUT2D eigenvalue weighted by atomic mass is 16.6. The van der Waals surface area contributed by atoms with Gasteiger partial charge in [-0.25, -0.2) is 0 Å². The Bertz CT molecular complexity index is 1120. The van der Waals surface area contributed by atoms with Gasteiger partial charge in [-0.1, -0.05) is 275 Å². The van der Waals surface area contributed by atoms with Crippen LogP contribution in [0, 0.1) is 0 Å². The van der Waals surface area contributed by atoms with Gasteiger partial charge in [0.25, 0.3) is 0 Å². The van der Waals surface area contributed by atoms with E-state index in [2.05, 4.69) is 69.4 Å². The van der Waals surface area contributed by atoms with Crippen LogP contribution < -0.4 is 0 Å². The minimum atomic E-state index is -0.541. The van der Waals surface area contributed by atoms with Crippen LogP contribution in [0.5, 0.6) is 0 Å². The van der Waals surface area contributed by atoms with E-state index < -0.39 is 6.10 Å². The van der Waals surface area contributed by atoms with Crippen LogP contribution in [0.15, 0.2) is 48.6 Å². The maximum absolute atomic E-state index is 12.9. The SMILES string of the molecule is CC/C=C\C/C=C\C/C=C\CCCCCCCC(=O)OC[C@@H](COCCCCCCCCCCCCCCCCCC)OC(=O)CCCCCCCCCCCCC/C=C\CCCCCCCC. The van der Waals surface area contributed by atoms with Gasteiger partial charge >= 0.3 is 11.9 Å². The number of carbonyl (C=O) groups is 2. The lowest BCUT2D eigenvalue weighted by atomic mass is 10.0. The first kappa shape index (κ1) is 65.9. The number of hydrogen-bond donors (Lipinski definition) is 0. The monoisotopic (exact) mass is 953 g/mol. The Morgan fingerprint density at radius 3 is 1.07 bits per heavy atom. The summed E-state index contributed by atoms with van der Waals surface area (Å²) in [7, 11) is 0. The van der Waals surface area contributed by atoms with Crippen molar-refractivity contribution in [1.29, 1.82) is 0 Å². The van der Waals surface area contributed by atoms with Crippen LogP contribution in [0.2, 0.25) is 0 Å². The molecule has 0 rings (SSSR count). The topological polar surface area (TPSA) is 61.8 Å². The van der Waals surface area contributed by atoms with Crippen LogP contribution in [-0.4, -0.2) is 37.9 Å². The molecule has 5 nitrogen and oxygen atoms in total. The molecule has 0 aliphatic rings. The Balaban J connectivity index is 4.23. The molecule has 0 amide bonds. The van der Waals surface area contributed by atoms with Crippen LogP contribution in [0.3, 0.4) is 0 Å². The summed E-state index contributed by atoms with van der Waals surface area (Å²) in [5.41, 5.74) is 0. The molecule has 5 heteroatoms. The molecule has 0 aromatic heterocycles. The molecular weight excluding hydrogens is 837 g/mol.